The molecule has 1 aromatic rings. The number of hydrogen-bond acceptors (Lipinski definition) is 0. The molecule has 250 valence electrons. The maximum atomic E-state index is 2.44. The van der Waals surface area contributed by atoms with Gasteiger partial charge in [-0.05, 0) is 50.5 Å². The predicted octanol–water partition coefficient (Wildman–Crippen LogP) is 14.2. The SMILES string of the molecule is CCCCCCCC/C=C/CCCCCCCC[n+]1ccc(CCCCCCCCCCCCCCCCCCC)cc1. The molecule has 0 fully saturated rings. The molecule has 0 aliphatic heterocycles. The Bertz CT molecular complexity index is 675. The average Bonchev–Trinajstić information content (AvgIpc) is 3.03. The first-order valence-corrected chi connectivity index (χ1v) is 20.0. The number of nitrogens with zero attached hydrogens (tertiary/aromatic N) is 1. The quantitative estimate of drug-likeness (QED) is 0.0423. The van der Waals surface area contributed by atoms with E-state index in [-0.39, 0.29) is 0 Å². The molecule has 1 aromatic heterocycles. The van der Waals surface area contributed by atoms with Gasteiger partial charge >= 0.3 is 0 Å². The molecule has 0 amide bonds. The van der Waals surface area contributed by atoms with Crippen LogP contribution in [0, 0.1) is 0 Å². The monoisotopic (exact) mass is 597 g/mol. The third-order valence-corrected chi connectivity index (χ3v) is 9.46. The molecule has 43 heavy (non-hydrogen) atoms. The molecule has 1 heteroatoms. The number of unbranched alkanes of at least 4 members (excludes halogenated alkanes) is 28. The highest BCUT2D eigenvalue weighted by atomic mass is 14.9. The summed E-state index contributed by atoms with van der Waals surface area (Å²) in [4.78, 5) is 0. The van der Waals surface area contributed by atoms with Crippen LogP contribution in [0.2, 0.25) is 0 Å². The first kappa shape index (κ1) is 39.9. The minimum Gasteiger partial charge on any atom is -0.205 e. The lowest BCUT2D eigenvalue weighted by Crippen LogP contribution is -2.32. The molecule has 0 saturated heterocycles. The molecule has 0 atom stereocenters. The van der Waals surface area contributed by atoms with Crippen molar-refractivity contribution in [1.82, 2.24) is 0 Å². The van der Waals surface area contributed by atoms with Crippen molar-refractivity contribution in [2.75, 3.05) is 0 Å². The Hall–Kier alpha value is -1.11. The first-order chi connectivity index (χ1) is 21.4. The largest absolute Gasteiger partial charge is 0.205 e. The Morgan fingerprint density at radius 3 is 1.12 bits per heavy atom. The van der Waals surface area contributed by atoms with Crippen LogP contribution in [0.5, 0.6) is 0 Å². The van der Waals surface area contributed by atoms with E-state index in [1.165, 1.54) is 218 Å². The van der Waals surface area contributed by atoms with Gasteiger partial charge in [0.05, 0.1) is 0 Å². The molecule has 0 aliphatic carbocycles. The van der Waals surface area contributed by atoms with Gasteiger partial charge in [0.15, 0.2) is 12.4 Å². The standard InChI is InChI=1S/C42H78N/c1-3-5-7-9-11-13-15-17-19-21-22-24-26-28-30-32-34-36-42-37-40-43(41-38-42)39-35-33-31-29-27-25-23-20-18-16-14-12-10-8-6-4-2/h18,20,37-38,40-41H,3-17,19,21-36,39H2,1-2H3/q+1/b20-18+. The van der Waals surface area contributed by atoms with E-state index in [2.05, 4.69) is 55.1 Å². The van der Waals surface area contributed by atoms with Gasteiger partial charge in [0.2, 0.25) is 0 Å². The lowest BCUT2D eigenvalue weighted by Gasteiger charge is -2.04. The van der Waals surface area contributed by atoms with Crippen molar-refractivity contribution in [3.8, 4) is 0 Å². The predicted molar refractivity (Wildman–Crippen MR) is 194 cm³/mol. The molecular weight excluding hydrogens is 518 g/mol. The second-order valence-corrected chi connectivity index (χ2v) is 13.8. The molecule has 0 bridgehead atoms. The summed E-state index contributed by atoms with van der Waals surface area (Å²) in [5.41, 5.74) is 1.53. The van der Waals surface area contributed by atoms with Gasteiger partial charge in [-0.3, -0.25) is 0 Å². The van der Waals surface area contributed by atoms with Crippen molar-refractivity contribution in [3.63, 3.8) is 0 Å². The third kappa shape index (κ3) is 29.4. The van der Waals surface area contributed by atoms with Gasteiger partial charge in [0.25, 0.3) is 0 Å². The minimum atomic E-state index is 1.18. The van der Waals surface area contributed by atoms with Crippen molar-refractivity contribution in [3.05, 3.63) is 42.2 Å². The number of rotatable bonds is 34. The van der Waals surface area contributed by atoms with E-state index in [9.17, 15) is 0 Å². The molecule has 0 aliphatic rings. The van der Waals surface area contributed by atoms with E-state index in [1.54, 1.807) is 0 Å². The molecule has 1 heterocycles. The molecule has 0 spiro atoms. The van der Waals surface area contributed by atoms with Crippen LogP contribution < -0.4 is 4.57 Å². The molecule has 0 aromatic carbocycles. The topological polar surface area (TPSA) is 3.88 Å². The highest BCUT2D eigenvalue weighted by Gasteiger charge is 2.02. The number of aryl methyl sites for hydroxylation is 2. The summed E-state index contributed by atoms with van der Waals surface area (Å²) < 4.78 is 2.40. The molecule has 1 rings (SSSR count). The number of pyridine rings is 1. The Balaban J connectivity index is 1.82. The second-order valence-electron chi connectivity index (χ2n) is 13.8. The van der Waals surface area contributed by atoms with Crippen LogP contribution in [0.1, 0.15) is 218 Å². The molecule has 1 nitrogen and oxygen atoms in total. The third-order valence-electron chi connectivity index (χ3n) is 9.46. The molecular formula is C42H78N+. The zero-order valence-electron chi connectivity index (χ0n) is 29.7. The van der Waals surface area contributed by atoms with Gasteiger partial charge in [-0.25, -0.2) is 4.57 Å². The minimum absolute atomic E-state index is 1.18. The fourth-order valence-electron chi connectivity index (χ4n) is 6.40. The van der Waals surface area contributed by atoms with Crippen LogP contribution in [0.25, 0.3) is 0 Å². The summed E-state index contributed by atoms with van der Waals surface area (Å²) in [5.74, 6) is 0. The maximum absolute atomic E-state index is 2.44. The van der Waals surface area contributed by atoms with Gasteiger partial charge in [0.1, 0.15) is 6.54 Å². The van der Waals surface area contributed by atoms with Crippen molar-refractivity contribution < 1.29 is 4.57 Å². The molecule has 0 radical (unpaired) electrons. The summed E-state index contributed by atoms with van der Waals surface area (Å²) in [6, 6.07) is 4.74. The van der Waals surface area contributed by atoms with Crippen LogP contribution in [0.3, 0.4) is 0 Å². The van der Waals surface area contributed by atoms with Crippen molar-refractivity contribution in [1.29, 1.82) is 0 Å². The van der Waals surface area contributed by atoms with Gasteiger partial charge < -0.3 is 0 Å². The van der Waals surface area contributed by atoms with E-state index >= 15 is 0 Å². The highest BCUT2D eigenvalue weighted by molar-refractivity contribution is 5.07. The van der Waals surface area contributed by atoms with Crippen LogP contribution in [0.15, 0.2) is 36.7 Å². The fraction of sp³-hybridized carbons (Fsp3) is 0.833. The van der Waals surface area contributed by atoms with Crippen molar-refractivity contribution in [2.24, 2.45) is 0 Å². The Morgan fingerprint density at radius 2 is 0.721 bits per heavy atom. The van der Waals surface area contributed by atoms with E-state index in [1.807, 2.05) is 0 Å². The Kier molecular flexibility index (Phi) is 31.4. The van der Waals surface area contributed by atoms with E-state index < -0.39 is 0 Å². The lowest BCUT2D eigenvalue weighted by atomic mass is 10.0. The van der Waals surface area contributed by atoms with Crippen LogP contribution in [-0.2, 0) is 13.0 Å². The normalized spacial score (nSPS) is 11.7. The van der Waals surface area contributed by atoms with Crippen LogP contribution in [-0.4, -0.2) is 0 Å². The second kappa shape index (κ2) is 33.8. The van der Waals surface area contributed by atoms with Gasteiger partial charge in [-0.15, -0.1) is 0 Å². The molecule has 0 N–H and O–H groups in total. The van der Waals surface area contributed by atoms with Crippen molar-refractivity contribution in [2.45, 2.75) is 226 Å². The lowest BCUT2D eigenvalue weighted by molar-refractivity contribution is -0.697. The zero-order valence-corrected chi connectivity index (χ0v) is 29.7. The van der Waals surface area contributed by atoms with E-state index in [0.717, 1.165) is 0 Å². The van der Waals surface area contributed by atoms with E-state index in [4.69, 9.17) is 0 Å². The molecule has 0 saturated carbocycles. The summed E-state index contributed by atoms with van der Waals surface area (Å²) >= 11 is 0. The molecule has 0 unspecified atom stereocenters. The number of allylic oxidation sites excluding steroid dienone is 2. The average molecular weight is 597 g/mol. The van der Waals surface area contributed by atoms with Crippen LogP contribution >= 0.6 is 0 Å². The summed E-state index contributed by atoms with van der Waals surface area (Å²) in [6.45, 7) is 5.78. The Labute approximate surface area is 272 Å². The zero-order chi connectivity index (χ0) is 30.7. The van der Waals surface area contributed by atoms with Crippen molar-refractivity contribution >= 4 is 0 Å². The van der Waals surface area contributed by atoms with Gasteiger partial charge in [-0.2, -0.15) is 0 Å². The van der Waals surface area contributed by atoms with Gasteiger partial charge in [0, 0.05) is 18.6 Å². The summed E-state index contributed by atoms with van der Waals surface area (Å²) in [6.07, 6.45) is 54.7. The fourth-order valence-corrected chi connectivity index (χ4v) is 6.40. The summed E-state index contributed by atoms with van der Waals surface area (Å²) in [5, 5.41) is 0. The smallest absolute Gasteiger partial charge is 0.169 e. The highest BCUT2D eigenvalue weighted by Crippen LogP contribution is 2.15. The number of hydrogen-bond donors (Lipinski definition) is 0. The van der Waals surface area contributed by atoms with Gasteiger partial charge in [-0.1, -0.05) is 180 Å². The number of aromatic nitrogens is 1. The van der Waals surface area contributed by atoms with Crippen LogP contribution in [0.4, 0.5) is 0 Å². The van der Waals surface area contributed by atoms with E-state index in [0.29, 0.717) is 0 Å². The maximum Gasteiger partial charge on any atom is 0.169 e. The summed E-state index contributed by atoms with van der Waals surface area (Å²) in [7, 11) is 0. The Morgan fingerprint density at radius 1 is 0.395 bits per heavy atom. The first-order valence-electron chi connectivity index (χ1n) is 20.0.